The zero-order chi connectivity index (χ0) is 16.9. The number of carbonyl (C=O) groups is 3. The number of hydrogen-bond donors (Lipinski definition) is 1. The minimum absolute atomic E-state index is 0.0325. The Kier molecular flexibility index (Phi) is 6.92. The molecule has 2 saturated carbocycles. The molecule has 0 aromatic rings. The van der Waals surface area contributed by atoms with Gasteiger partial charge in [-0.3, -0.25) is 24.1 Å². The largest absolute Gasteiger partial charge is 0.393 e. The van der Waals surface area contributed by atoms with Gasteiger partial charge in [0.2, 0.25) is 11.8 Å². The van der Waals surface area contributed by atoms with E-state index < -0.39 is 0 Å². The Hall–Kier alpha value is -1.51. The van der Waals surface area contributed by atoms with Crippen molar-refractivity contribution < 1.29 is 29.2 Å². The molecule has 2 aliphatic rings. The van der Waals surface area contributed by atoms with E-state index in [1.807, 2.05) is 0 Å². The van der Waals surface area contributed by atoms with Crippen LogP contribution in [0, 0.1) is 11.8 Å². The highest BCUT2D eigenvalue weighted by Crippen LogP contribution is 2.28. The molecule has 0 aromatic heterocycles. The van der Waals surface area contributed by atoms with Crippen LogP contribution in [0.4, 0.5) is 0 Å². The Morgan fingerprint density at radius 2 is 1.41 bits per heavy atom. The van der Waals surface area contributed by atoms with Gasteiger partial charge in [-0.2, -0.15) is 0 Å². The second-order valence-corrected chi connectivity index (χ2v) is 5.50. The molecule has 2 fully saturated rings. The molecular weight excluding hydrogens is 292 g/mol. The van der Waals surface area contributed by atoms with Crippen LogP contribution in [0.25, 0.3) is 0 Å². The molecule has 0 spiro atoms. The van der Waals surface area contributed by atoms with Gasteiger partial charge in [0.1, 0.15) is 5.78 Å². The van der Waals surface area contributed by atoms with E-state index in [1.165, 1.54) is 19.3 Å². The van der Waals surface area contributed by atoms with Crippen LogP contribution >= 0.6 is 0 Å². The molecule has 8 nitrogen and oxygen atoms in total. The molecule has 2 amide bonds. The Bertz CT molecular complexity index is 414. The maximum absolute atomic E-state index is 11.2. The molecule has 0 aromatic carbocycles. The lowest BCUT2D eigenvalue weighted by molar-refractivity contribution is -0.179. The number of aliphatic hydroxyl groups excluding tert-OH is 1. The number of hydrogen-bond acceptors (Lipinski definition) is 6. The average Bonchev–Trinajstić information content (AvgIpc) is 2.46. The number of nitrogens with zero attached hydrogens (tertiary/aromatic N) is 2. The van der Waals surface area contributed by atoms with Crippen molar-refractivity contribution >= 4 is 17.6 Å². The summed E-state index contributed by atoms with van der Waals surface area (Å²) in [6.45, 7) is 0. The number of rotatable bonds is 4. The summed E-state index contributed by atoms with van der Waals surface area (Å²) in [5, 5.41) is 11.3. The van der Waals surface area contributed by atoms with Crippen LogP contribution in [0.2, 0.25) is 0 Å². The predicted octanol–water partition coefficient (Wildman–Crippen LogP) is -0.238. The SMILES string of the molecule is CON(C)C(=O)C1CC(=O)C1.CON(C)C(=O)C1CC(O)C1. The second kappa shape index (κ2) is 8.21. The summed E-state index contributed by atoms with van der Waals surface area (Å²) in [4.78, 5) is 42.2. The Labute approximate surface area is 129 Å². The van der Waals surface area contributed by atoms with Gasteiger partial charge in [-0.1, -0.05) is 0 Å². The summed E-state index contributed by atoms with van der Waals surface area (Å²) in [5.74, 6) is -0.153. The molecule has 1 N–H and O–H groups in total. The van der Waals surface area contributed by atoms with E-state index in [9.17, 15) is 14.4 Å². The van der Waals surface area contributed by atoms with Gasteiger partial charge in [-0.15, -0.1) is 0 Å². The van der Waals surface area contributed by atoms with E-state index in [1.54, 1.807) is 14.1 Å². The predicted molar refractivity (Wildman–Crippen MR) is 76.0 cm³/mol. The highest BCUT2D eigenvalue weighted by atomic mass is 16.7. The fourth-order valence-corrected chi connectivity index (χ4v) is 2.15. The molecule has 0 bridgehead atoms. The summed E-state index contributed by atoms with van der Waals surface area (Å²) in [6.07, 6.45) is 1.63. The van der Waals surface area contributed by atoms with Gasteiger partial charge >= 0.3 is 0 Å². The lowest BCUT2D eigenvalue weighted by atomic mass is 9.82. The first-order valence-electron chi connectivity index (χ1n) is 7.13. The first-order chi connectivity index (χ1) is 10.3. The lowest BCUT2D eigenvalue weighted by Crippen LogP contribution is -2.41. The molecule has 0 aliphatic heterocycles. The van der Waals surface area contributed by atoms with Crippen LogP contribution in [0.5, 0.6) is 0 Å². The summed E-state index contributed by atoms with van der Waals surface area (Å²) < 4.78 is 0. The molecule has 22 heavy (non-hydrogen) atoms. The summed E-state index contributed by atoms with van der Waals surface area (Å²) in [6, 6.07) is 0. The monoisotopic (exact) mass is 316 g/mol. The lowest BCUT2D eigenvalue weighted by Gasteiger charge is -2.32. The van der Waals surface area contributed by atoms with Gasteiger partial charge < -0.3 is 5.11 Å². The first-order valence-corrected chi connectivity index (χ1v) is 7.13. The van der Waals surface area contributed by atoms with Crippen LogP contribution in [0.15, 0.2) is 0 Å². The van der Waals surface area contributed by atoms with Crippen molar-refractivity contribution in [1.29, 1.82) is 0 Å². The molecule has 2 aliphatic carbocycles. The van der Waals surface area contributed by atoms with Gasteiger partial charge in [0, 0.05) is 32.9 Å². The van der Waals surface area contributed by atoms with Crippen molar-refractivity contribution in [1.82, 2.24) is 10.1 Å². The third-order valence-corrected chi connectivity index (χ3v) is 3.93. The van der Waals surface area contributed by atoms with E-state index in [0.717, 1.165) is 5.06 Å². The summed E-state index contributed by atoms with van der Waals surface area (Å²) in [7, 11) is 6.00. The number of aliphatic hydroxyl groups is 1. The number of Topliss-reactive ketones (excluding diaryl/α,β-unsaturated/α-hetero) is 1. The van der Waals surface area contributed by atoms with E-state index in [2.05, 4.69) is 4.84 Å². The number of amides is 2. The highest BCUT2D eigenvalue weighted by Gasteiger charge is 2.35. The van der Waals surface area contributed by atoms with Crippen molar-refractivity contribution in [2.45, 2.75) is 31.8 Å². The van der Waals surface area contributed by atoms with E-state index >= 15 is 0 Å². The van der Waals surface area contributed by atoms with Crippen LogP contribution in [-0.2, 0) is 24.1 Å². The molecular formula is C14H24N2O6. The fraction of sp³-hybridized carbons (Fsp3) is 0.786. The quantitative estimate of drug-likeness (QED) is 0.719. The number of carbonyl (C=O) groups excluding carboxylic acids is 3. The standard InChI is InChI=1S/C7H13NO3.C7H11NO3/c2*1-8(11-2)7(10)5-3-6(9)4-5/h5-6,9H,3-4H2,1-2H3;5H,3-4H2,1-2H3. The molecule has 0 saturated heterocycles. The van der Waals surface area contributed by atoms with Crippen molar-refractivity contribution in [2.24, 2.45) is 11.8 Å². The third kappa shape index (κ3) is 4.75. The maximum atomic E-state index is 11.2. The fourth-order valence-electron chi connectivity index (χ4n) is 2.15. The zero-order valence-electron chi connectivity index (χ0n) is 13.4. The van der Waals surface area contributed by atoms with Crippen LogP contribution in [0.1, 0.15) is 25.7 Å². The Balaban J connectivity index is 0.000000220. The van der Waals surface area contributed by atoms with Crippen LogP contribution in [0.3, 0.4) is 0 Å². The molecule has 2 rings (SSSR count). The maximum Gasteiger partial charge on any atom is 0.249 e. The van der Waals surface area contributed by atoms with Crippen LogP contribution in [-0.4, -0.2) is 67.2 Å². The summed E-state index contributed by atoms with van der Waals surface area (Å²) in [5.41, 5.74) is 0. The van der Waals surface area contributed by atoms with Gasteiger partial charge in [0.15, 0.2) is 0 Å². The van der Waals surface area contributed by atoms with Crippen LogP contribution < -0.4 is 0 Å². The first kappa shape index (κ1) is 18.5. The minimum Gasteiger partial charge on any atom is -0.393 e. The topological polar surface area (TPSA) is 96.4 Å². The molecule has 0 heterocycles. The molecule has 126 valence electrons. The third-order valence-electron chi connectivity index (χ3n) is 3.93. The van der Waals surface area contributed by atoms with Gasteiger partial charge in [0.05, 0.1) is 26.2 Å². The van der Waals surface area contributed by atoms with E-state index in [0.29, 0.717) is 25.7 Å². The van der Waals surface area contributed by atoms with Gasteiger partial charge in [-0.25, -0.2) is 10.1 Å². The molecule has 0 unspecified atom stereocenters. The Morgan fingerprint density at radius 3 is 1.73 bits per heavy atom. The van der Waals surface area contributed by atoms with Crippen molar-refractivity contribution in [2.75, 3.05) is 28.3 Å². The number of hydroxylamine groups is 4. The Morgan fingerprint density at radius 1 is 1.00 bits per heavy atom. The molecule has 8 heteroatoms. The van der Waals surface area contributed by atoms with Crippen molar-refractivity contribution in [3.05, 3.63) is 0 Å². The summed E-state index contributed by atoms with van der Waals surface area (Å²) >= 11 is 0. The smallest absolute Gasteiger partial charge is 0.249 e. The normalized spacial score (nSPS) is 23.6. The average molecular weight is 316 g/mol. The number of ketones is 1. The minimum atomic E-state index is -0.283. The van der Waals surface area contributed by atoms with E-state index in [4.69, 9.17) is 9.94 Å². The zero-order valence-corrected chi connectivity index (χ0v) is 13.4. The second-order valence-electron chi connectivity index (χ2n) is 5.50. The van der Waals surface area contributed by atoms with E-state index in [-0.39, 0.29) is 35.5 Å². The molecule has 0 atom stereocenters. The highest BCUT2D eigenvalue weighted by molar-refractivity contribution is 5.95. The molecule has 0 radical (unpaired) electrons. The van der Waals surface area contributed by atoms with Gasteiger partial charge in [0.25, 0.3) is 0 Å². The van der Waals surface area contributed by atoms with Crippen molar-refractivity contribution in [3.63, 3.8) is 0 Å². The van der Waals surface area contributed by atoms with Gasteiger partial charge in [-0.05, 0) is 12.8 Å². The van der Waals surface area contributed by atoms with Crippen molar-refractivity contribution in [3.8, 4) is 0 Å².